The summed E-state index contributed by atoms with van der Waals surface area (Å²) in [7, 11) is 0. The van der Waals surface area contributed by atoms with Crippen molar-refractivity contribution in [2.75, 3.05) is 38.6 Å². The fourth-order valence-electron chi connectivity index (χ4n) is 3.24. The molecule has 3 heterocycles. The smallest absolute Gasteiger partial charge is 0.180 e. The average molecular weight is 333 g/mol. The molecule has 0 aliphatic carbocycles. The van der Waals surface area contributed by atoms with Gasteiger partial charge in [-0.2, -0.15) is 0 Å². The first-order chi connectivity index (χ1) is 9.72. The molecule has 21 heavy (non-hydrogen) atoms. The maximum absolute atomic E-state index is 5.71. The quantitative estimate of drug-likeness (QED) is 0.915. The first-order valence-corrected chi connectivity index (χ1v) is 8.30. The second-order valence-electron chi connectivity index (χ2n) is 5.82. The summed E-state index contributed by atoms with van der Waals surface area (Å²) in [6.45, 7) is 8.64. The van der Waals surface area contributed by atoms with Gasteiger partial charge in [0, 0.05) is 62.6 Å². The Morgan fingerprint density at radius 3 is 2.76 bits per heavy atom. The maximum atomic E-state index is 5.71. The van der Waals surface area contributed by atoms with Crippen LogP contribution in [0.1, 0.15) is 24.6 Å². The zero-order valence-corrected chi connectivity index (χ0v) is 14.2. The lowest BCUT2D eigenvalue weighted by molar-refractivity contribution is -0.00318. The zero-order valence-electron chi connectivity index (χ0n) is 12.5. The highest BCUT2D eigenvalue weighted by atomic mass is 35.5. The summed E-state index contributed by atoms with van der Waals surface area (Å²) >= 11 is 1.61. The minimum absolute atomic E-state index is 0. The summed E-state index contributed by atoms with van der Waals surface area (Å²) in [6.07, 6.45) is 4.30. The fourth-order valence-corrected chi connectivity index (χ4v) is 3.95. The Hall–Kier alpha value is -0.400. The molecule has 3 rings (SSSR count). The van der Waals surface area contributed by atoms with E-state index in [0.717, 1.165) is 32.3 Å². The second-order valence-corrected chi connectivity index (χ2v) is 6.97. The van der Waals surface area contributed by atoms with E-state index in [4.69, 9.17) is 10.5 Å². The molecule has 120 valence electrons. The molecule has 0 spiro atoms. The van der Waals surface area contributed by atoms with E-state index < -0.39 is 0 Å². The highest BCUT2D eigenvalue weighted by molar-refractivity contribution is 7.15. The molecular weight excluding hydrogens is 308 g/mol. The van der Waals surface area contributed by atoms with Crippen LogP contribution in [0.2, 0.25) is 0 Å². The number of thiazole rings is 1. The molecule has 7 heteroatoms. The van der Waals surface area contributed by atoms with E-state index >= 15 is 0 Å². The van der Waals surface area contributed by atoms with Crippen molar-refractivity contribution in [3.05, 3.63) is 11.1 Å². The summed E-state index contributed by atoms with van der Waals surface area (Å²) in [5, 5.41) is 0.675. The summed E-state index contributed by atoms with van der Waals surface area (Å²) in [4.78, 5) is 10.6. The molecule has 1 aromatic rings. The van der Waals surface area contributed by atoms with Crippen molar-refractivity contribution < 1.29 is 4.74 Å². The van der Waals surface area contributed by atoms with Gasteiger partial charge in [0.1, 0.15) is 0 Å². The minimum atomic E-state index is 0. The van der Waals surface area contributed by atoms with Crippen LogP contribution in [0.3, 0.4) is 0 Å². The van der Waals surface area contributed by atoms with Crippen molar-refractivity contribution in [1.82, 2.24) is 14.8 Å². The van der Waals surface area contributed by atoms with Gasteiger partial charge >= 0.3 is 0 Å². The number of nitrogens with zero attached hydrogens (tertiary/aromatic N) is 3. The second kappa shape index (κ2) is 7.74. The number of rotatable bonds is 3. The Morgan fingerprint density at radius 1 is 1.38 bits per heavy atom. The number of halogens is 1. The standard InChI is InChI=1S/C14H24N4OS.ClH/c1-11-9-18(12-2-6-19-7-3-12)5-4-17(11)10-13-8-16-14(15)20-13;/h8,11-12H,2-7,9-10H2,1H3,(H2,15,16);1H/t11-;/m0./s1. The lowest BCUT2D eigenvalue weighted by Crippen LogP contribution is -2.55. The third-order valence-corrected chi connectivity index (χ3v) is 5.25. The Kier molecular flexibility index (Phi) is 6.25. The number of piperazine rings is 1. The third-order valence-electron chi connectivity index (χ3n) is 4.43. The molecular formula is C14H25ClN4OS. The molecule has 5 nitrogen and oxygen atoms in total. The molecule has 2 saturated heterocycles. The SMILES string of the molecule is C[C@H]1CN(C2CCOCC2)CCN1Cc1cnc(N)s1.Cl. The Morgan fingerprint density at radius 2 is 2.14 bits per heavy atom. The molecule has 1 aromatic heterocycles. The molecule has 0 bridgehead atoms. The maximum Gasteiger partial charge on any atom is 0.180 e. The van der Waals surface area contributed by atoms with E-state index in [1.54, 1.807) is 11.3 Å². The largest absolute Gasteiger partial charge is 0.381 e. The summed E-state index contributed by atoms with van der Waals surface area (Å²) in [5.41, 5.74) is 5.71. The van der Waals surface area contributed by atoms with Crippen LogP contribution in [0.5, 0.6) is 0 Å². The van der Waals surface area contributed by atoms with E-state index in [9.17, 15) is 0 Å². The lowest BCUT2D eigenvalue weighted by Gasteiger charge is -2.44. The number of anilines is 1. The molecule has 0 aromatic carbocycles. The van der Waals surface area contributed by atoms with E-state index in [2.05, 4.69) is 21.7 Å². The number of hydrogen-bond acceptors (Lipinski definition) is 6. The third kappa shape index (κ3) is 4.29. The Balaban J connectivity index is 0.00000161. The van der Waals surface area contributed by atoms with E-state index in [-0.39, 0.29) is 12.4 Å². The first-order valence-electron chi connectivity index (χ1n) is 7.48. The van der Waals surface area contributed by atoms with Gasteiger partial charge in [0.2, 0.25) is 0 Å². The van der Waals surface area contributed by atoms with Gasteiger partial charge in [0.05, 0.1) is 0 Å². The van der Waals surface area contributed by atoms with Crippen molar-refractivity contribution in [3.8, 4) is 0 Å². The monoisotopic (exact) mass is 332 g/mol. The van der Waals surface area contributed by atoms with Crippen molar-refractivity contribution in [2.24, 2.45) is 0 Å². The molecule has 0 radical (unpaired) electrons. The van der Waals surface area contributed by atoms with Crippen LogP contribution in [0.4, 0.5) is 5.13 Å². The predicted octanol–water partition coefficient (Wildman–Crippen LogP) is 1.83. The van der Waals surface area contributed by atoms with Gasteiger partial charge < -0.3 is 10.5 Å². The molecule has 0 unspecified atom stereocenters. The molecule has 2 aliphatic rings. The van der Waals surface area contributed by atoms with Crippen LogP contribution in [-0.2, 0) is 11.3 Å². The van der Waals surface area contributed by atoms with Crippen LogP contribution in [0.15, 0.2) is 6.20 Å². The molecule has 2 fully saturated rings. The first kappa shape index (κ1) is 17.0. The predicted molar refractivity (Wildman–Crippen MR) is 89.1 cm³/mol. The average Bonchev–Trinajstić information content (AvgIpc) is 2.87. The van der Waals surface area contributed by atoms with Crippen LogP contribution < -0.4 is 5.73 Å². The number of nitrogen functional groups attached to an aromatic ring is 1. The number of nitrogens with two attached hydrogens (primary N) is 1. The topological polar surface area (TPSA) is 54.6 Å². The van der Waals surface area contributed by atoms with Gasteiger partial charge in [-0.15, -0.1) is 23.7 Å². The van der Waals surface area contributed by atoms with Crippen LogP contribution in [-0.4, -0.2) is 59.7 Å². The number of hydrogen-bond donors (Lipinski definition) is 1. The molecule has 0 amide bonds. The summed E-state index contributed by atoms with van der Waals surface area (Å²) in [6, 6.07) is 1.32. The van der Waals surface area contributed by atoms with Gasteiger partial charge in [0.15, 0.2) is 5.13 Å². The molecule has 2 aliphatic heterocycles. The molecule has 0 saturated carbocycles. The Bertz CT molecular complexity index is 438. The van der Waals surface area contributed by atoms with Crippen molar-refractivity contribution in [1.29, 1.82) is 0 Å². The van der Waals surface area contributed by atoms with Crippen molar-refractivity contribution in [3.63, 3.8) is 0 Å². The van der Waals surface area contributed by atoms with E-state index in [1.165, 1.54) is 30.8 Å². The van der Waals surface area contributed by atoms with Crippen LogP contribution in [0.25, 0.3) is 0 Å². The number of ether oxygens (including phenoxy) is 1. The molecule has 1 atom stereocenters. The van der Waals surface area contributed by atoms with Gasteiger partial charge in [0.25, 0.3) is 0 Å². The van der Waals surface area contributed by atoms with Crippen molar-refractivity contribution >= 4 is 28.9 Å². The van der Waals surface area contributed by atoms with Crippen LogP contribution in [0, 0.1) is 0 Å². The van der Waals surface area contributed by atoms with Crippen molar-refractivity contribution in [2.45, 2.75) is 38.4 Å². The van der Waals surface area contributed by atoms with Gasteiger partial charge in [-0.1, -0.05) is 0 Å². The van der Waals surface area contributed by atoms with Gasteiger partial charge in [-0.05, 0) is 19.8 Å². The Labute approximate surface area is 136 Å². The summed E-state index contributed by atoms with van der Waals surface area (Å²) in [5.74, 6) is 0. The normalized spacial score (nSPS) is 25.7. The summed E-state index contributed by atoms with van der Waals surface area (Å²) < 4.78 is 5.47. The fraction of sp³-hybridized carbons (Fsp3) is 0.786. The molecule has 2 N–H and O–H groups in total. The zero-order chi connectivity index (χ0) is 13.9. The van der Waals surface area contributed by atoms with E-state index in [1.807, 2.05) is 6.20 Å². The highest BCUT2D eigenvalue weighted by Crippen LogP contribution is 2.22. The van der Waals surface area contributed by atoms with E-state index in [0.29, 0.717) is 11.2 Å². The van der Waals surface area contributed by atoms with Gasteiger partial charge in [-0.25, -0.2) is 4.98 Å². The number of aromatic nitrogens is 1. The minimum Gasteiger partial charge on any atom is -0.381 e. The highest BCUT2D eigenvalue weighted by Gasteiger charge is 2.29. The van der Waals surface area contributed by atoms with Crippen LogP contribution >= 0.6 is 23.7 Å². The lowest BCUT2D eigenvalue weighted by atomic mass is 10.0. The van der Waals surface area contributed by atoms with Gasteiger partial charge in [-0.3, -0.25) is 9.80 Å².